The van der Waals surface area contributed by atoms with Crippen molar-refractivity contribution < 1.29 is 9.47 Å². The van der Waals surface area contributed by atoms with Crippen LogP contribution in [0, 0.1) is 5.92 Å². The Kier molecular flexibility index (Phi) is 5.43. The van der Waals surface area contributed by atoms with Crippen molar-refractivity contribution in [3.8, 4) is 0 Å². The average Bonchev–Trinajstić information content (AvgIpc) is 2.97. The summed E-state index contributed by atoms with van der Waals surface area (Å²) in [6.07, 6.45) is 4.67. The summed E-state index contributed by atoms with van der Waals surface area (Å²) in [4.78, 5) is 11.2. The molecule has 0 aliphatic carbocycles. The van der Waals surface area contributed by atoms with Crippen LogP contribution in [0.25, 0.3) is 0 Å². The van der Waals surface area contributed by atoms with Crippen LogP contribution in [0.5, 0.6) is 0 Å². The third-order valence-electron chi connectivity index (χ3n) is 5.06. The van der Waals surface area contributed by atoms with Crippen LogP contribution in [0.4, 0.5) is 5.82 Å². The summed E-state index contributed by atoms with van der Waals surface area (Å²) in [6, 6.07) is 12.0. The van der Waals surface area contributed by atoms with Crippen LogP contribution in [0.1, 0.15) is 12.1 Å². The van der Waals surface area contributed by atoms with Crippen molar-refractivity contribution in [1.82, 2.24) is 14.9 Å². The average molecular weight is 354 g/mol. The van der Waals surface area contributed by atoms with Gasteiger partial charge in [0, 0.05) is 44.5 Å². The summed E-state index contributed by atoms with van der Waals surface area (Å²) in [5.41, 5.74) is 0.887. The van der Waals surface area contributed by atoms with E-state index < -0.39 is 0 Å². The number of anilines is 1. The van der Waals surface area contributed by atoms with Gasteiger partial charge in [0.1, 0.15) is 11.4 Å². The fraction of sp³-hybridized carbons (Fsp3) is 0.500. The molecule has 6 nitrogen and oxygen atoms in total. The zero-order valence-corrected chi connectivity index (χ0v) is 15.0. The van der Waals surface area contributed by atoms with Crippen molar-refractivity contribution in [2.24, 2.45) is 5.92 Å². The minimum absolute atomic E-state index is 0.207. The van der Waals surface area contributed by atoms with Gasteiger partial charge in [0.05, 0.1) is 25.5 Å². The van der Waals surface area contributed by atoms with Gasteiger partial charge in [-0.15, -0.1) is 0 Å². The second kappa shape index (κ2) is 8.12. The van der Waals surface area contributed by atoms with Crippen LogP contribution in [0.2, 0.25) is 0 Å². The molecule has 2 atom stereocenters. The lowest BCUT2D eigenvalue weighted by Crippen LogP contribution is -2.44. The first kappa shape index (κ1) is 17.4. The van der Waals surface area contributed by atoms with Crippen LogP contribution >= 0.6 is 0 Å². The highest BCUT2D eigenvalue weighted by molar-refractivity contribution is 5.33. The second-order valence-corrected chi connectivity index (χ2v) is 7.24. The quantitative estimate of drug-likeness (QED) is 0.888. The molecule has 6 heteroatoms. The Morgan fingerprint density at radius 1 is 1.15 bits per heavy atom. The van der Waals surface area contributed by atoms with E-state index in [-0.39, 0.29) is 5.60 Å². The highest BCUT2D eigenvalue weighted by atomic mass is 16.5. The van der Waals surface area contributed by atoms with E-state index in [9.17, 15) is 0 Å². The van der Waals surface area contributed by atoms with Gasteiger partial charge in [-0.1, -0.05) is 12.1 Å². The summed E-state index contributed by atoms with van der Waals surface area (Å²) in [5.74, 6) is 1.39. The zero-order valence-electron chi connectivity index (χ0n) is 15.0. The molecule has 0 bridgehead atoms. The molecule has 2 aromatic heterocycles. The number of nitrogens with one attached hydrogen (secondary N) is 1. The Bertz CT molecular complexity index is 685. The van der Waals surface area contributed by atoms with E-state index in [1.807, 2.05) is 42.7 Å². The third-order valence-corrected chi connectivity index (χ3v) is 5.06. The summed E-state index contributed by atoms with van der Waals surface area (Å²) in [6.45, 7) is 5.70. The SMILES string of the molecule is c1ccc(CN2CCOC[C@]3(C[C@H](CNc4ccccn4)CO3)C2)nc1. The molecule has 2 aliphatic heterocycles. The monoisotopic (exact) mass is 354 g/mol. The number of aromatic nitrogens is 2. The Balaban J connectivity index is 1.34. The van der Waals surface area contributed by atoms with Crippen molar-refractivity contribution in [3.63, 3.8) is 0 Å². The Hall–Kier alpha value is -2.02. The highest BCUT2D eigenvalue weighted by Crippen LogP contribution is 2.33. The van der Waals surface area contributed by atoms with E-state index in [0.717, 1.165) is 57.3 Å². The standard InChI is InChI=1S/C20H26N4O2/c1-3-7-21-18(5-1)13-24-9-10-25-16-20(15-24)11-17(14-26-20)12-23-19-6-2-4-8-22-19/h1-8,17H,9-16H2,(H,22,23)/t17-,20+/m1/s1. The van der Waals surface area contributed by atoms with Gasteiger partial charge in [0.25, 0.3) is 0 Å². The Labute approximate surface area is 154 Å². The molecule has 0 aromatic carbocycles. The number of hydrogen-bond donors (Lipinski definition) is 1. The number of ether oxygens (including phenoxy) is 2. The summed E-state index contributed by atoms with van der Waals surface area (Å²) in [5, 5.41) is 3.42. The van der Waals surface area contributed by atoms with E-state index in [2.05, 4.69) is 26.3 Å². The normalized spacial score (nSPS) is 26.7. The molecule has 2 fully saturated rings. The van der Waals surface area contributed by atoms with E-state index in [0.29, 0.717) is 12.5 Å². The van der Waals surface area contributed by atoms with E-state index >= 15 is 0 Å². The molecule has 4 rings (SSSR count). The maximum atomic E-state index is 6.28. The number of nitrogens with zero attached hydrogens (tertiary/aromatic N) is 3. The number of hydrogen-bond acceptors (Lipinski definition) is 6. The van der Waals surface area contributed by atoms with Crippen LogP contribution in [0.15, 0.2) is 48.8 Å². The van der Waals surface area contributed by atoms with Gasteiger partial charge in [-0.3, -0.25) is 9.88 Å². The molecular weight excluding hydrogens is 328 g/mol. The third kappa shape index (κ3) is 4.38. The molecule has 1 spiro atoms. The molecular formula is C20H26N4O2. The zero-order chi connectivity index (χ0) is 17.7. The lowest BCUT2D eigenvalue weighted by Gasteiger charge is -2.31. The molecule has 138 valence electrons. The van der Waals surface area contributed by atoms with Crippen LogP contribution in [0.3, 0.4) is 0 Å². The summed E-state index contributed by atoms with van der Waals surface area (Å²) in [7, 11) is 0. The highest BCUT2D eigenvalue weighted by Gasteiger charge is 2.43. The molecule has 1 N–H and O–H groups in total. The first-order chi connectivity index (χ1) is 12.8. The van der Waals surface area contributed by atoms with Gasteiger partial charge in [-0.05, 0) is 30.7 Å². The minimum Gasteiger partial charge on any atom is -0.377 e. The van der Waals surface area contributed by atoms with Gasteiger partial charge in [-0.25, -0.2) is 4.98 Å². The molecule has 4 heterocycles. The van der Waals surface area contributed by atoms with Crippen molar-refractivity contribution in [3.05, 3.63) is 54.5 Å². The minimum atomic E-state index is -0.207. The molecule has 0 radical (unpaired) electrons. The van der Waals surface area contributed by atoms with E-state index in [1.165, 1.54) is 0 Å². The predicted octanol–water partition coefficient (Wildman–Crippen LogP) is 2.20. The molecule has 2 aliphatic rings. The van der Waals surface area contributed by atoms with Gasteiger partial charge in [0.15, 0.2) is 0 Å². The number of pyridine rings is 2. The predicted molar refractivity (Wildman–Crippen MR) is 99.8 cm³/mol. The first-order valence-corrected chi connectivity index (χ1v) is 9.30. The largest absolute Gasteiger partial charge is 0.377 e. The Morgan fingerprint density at radius 2 is 2.04 bits per heavy atom. The van der Waals surface area contributed by atoms with Crippen LogP contribution in [-0.4, -0.2) is 59.9 Å². The molecule has 0 amide bonds. The summed E-state index contributed by atoms with van der Waals surface area (Å²) >= 11 is 0. The van der Waals surface area contributed by atoms with Crippen molar-refractivity contribution >= 4 is 5.82 Å². The fourth-order valence-electron chi connectivity index (χ4n) is 3.84. The van der Waals surface area contributed by atoms with E-state index in [1.54, 1.807) is 0 Å². The second-order valence-electron chi connectivity index (χ2n) is 7.24. The van der Waals surface area contributed by atoms with Crippen molar-refractivity contribution in [1.29, 1.82) is 0 Å². The van der Waals surface area contributed by atoms with Gasteiger partial charge in [0.2, 0.25) is 0 Å². The van der Waals surface area contributed by atoms with Gasteiger partial charge < -0.3 is 14.8 Å². The first-order valence-electron chi connectivity index (χ1n) is 9.30. The van der Waals surface area contributed by atoms with Gasteiger partial charge in [-0.2, -0.15) is 0 Å². The van der Waals surface area contributed by atoms with Gasteiger partial charge >= 0.3 is 0 Å². The maximum Gasteiger partial charge on any atom is 0.125 e. The molecule has 2 aromatic rings. The Morgan fingerprint density at radius 3 is 2.85 bits per heavy atom. The lowest BCUT2D eigenvalue weighted by atomic mass is 9.94. The lowest BCUT2D eigenvalue weighted by molar-refractivity contribution is -0.0563. The van der Waals surface area contributed by atoms with Crippen molar-refractivity contribution in [2.75, 3.05) is 44.8 Å². The molecule has 26 heavy (non-hydrogen) atoms. The van der Waals surface area contributed by atoms with Crippen LogP contribution in [-0.2, 0) is 16.0 Å². The fourth-order valence-corrected chi connectivity index (χ4v) is 3.84. The molecule has 2 saturated heterocycles. The van der Waals surface area contributed by atoms with E-state index in [4.69, 9.17) is 9.47 Å². The number of rotatable bonds is 5. The van der Waals surface area contributed by atoms with Crippen molar-refractivity contribution in [2.45, 2.75) is 18.6 Å². The maximum absolute atomic E-state index is 6.28. The smallest absolute Gasteiger partial charge is 0.125 e. The molecule has 0 saturated carbocycles. The topological polar surface area (TPSA) is 59.5 Å². The summed E-state index contributed by atoms with van der Waals surface area (Å²) < 4.78 is 12.2. The van der Waals surface area contributed by atoms with Crippen LogP contribution < -0.4 is 5.32 Å². The molecule has 0 unspecified atom stereocenters.